The summed E-state index contributed by atoms with van der Waals surface area (Å²) in [6, 6.07) is 12.2. The Kier molecular flexibility index (Phi) is 6.15. The molecule has 0 aliphatic carbocycles. The molecule has 0 saturated carbocycles. The van der Waals surface area contributed by atoms with Gasteiger partial charge in [-0.25, -0.2) is 9.59 Å². The molecule has 158 valence electrons. The third kappa shape index (κ3) is 5.44. The second-order valence-electron chi connectivity index (χ2n) is 7.52. The summed E-state index contributed by atoms with van der Waals surface area (Å²) in [6.45, 7) is 5.37. The van der Waals surface area contributed by atoms with Crippen LogP contribution < -0.4 is 10.1 Å². The lowest BCUT2D eigenvalue weighted by Gasteiger charge is -2.22. The van der Waals surface area contributed by atoms with Crippen LogP contribution in [0.15, 0.2) is 55.0 Å². The third-order valence-electron chi connectivity index (χ3n) is 3.97. The zero-order valence-corrected chi connectivity index (χ0v) is 16.9. The minimum atomic E-state index is -1.23. The summed E-state index contributed by atoms with van der Waals surface area (Å²) in [5.41, 5.74) is 0.440. The Hall–Kier alpha value is -3.68. The van der Waals surface area contributed by atoms with Crippen LogP contribution >= 0.6 is 0 Å². The van der Waals surface area contributed by atoms with Crippen molar-refractivity contribution in [2.24, 2.45) is 0 Å². The first-order chi connectivity index (χ1) is 14.2. The van der Waals surface area contributed by atoms with E-state index in [2.05, 4.69) is 5.32 Å². The molecular formula is C22H23NO7. The van der Waals surface area contributed by atoms with Crippen molar-refractivity contribution in [1.29, 1.82) is 0 Å². The van der Waals surface area contributed by atoms with Crippen molar-refractivity contribution in [2.45, 2.75) is 39.3 Å². The van der Waals surface area contributed by atoms with E-state index in [9.17, 15) is 14.7 Å². The topological polar surface area (TPSA) is 103 Å². The Morgan fingerprint density at radius 3 is 2.37 bits per heavy atom. The van der Waals surface area contributed by atoms with Gasteiger partial charge in [0.25, 0.3) is 6.29 Å². The Morgan fingerprint density at radius 1 is 1.10 bits per heavy atom. The number of benzene rings is 2. The fourth-order valence-electron chi connectivity index (χ4n) is 2.72. The van der Waals surface area contributed by atoms with Crippen LogP contribution in [-0.4, -0.2) is 22.8 Å². The quantitative estimate of drug-likeness (QED) is 0.699. The number of amides is 1. The monoisotopic (exact) mass is 413 g/mol. The largest absolute Gasteiger partial charge is 0.488 e. The highest BCUT2D eigenvalue weighted by Crippen LogP contribution is 2.36. The van der Waals surface area contributed by atoms with Gasteiger partial charge in [0.15, 0.2) is 0 Å². The smallest absolute Gasteiger partial charge is 0.412 e. The SMILES string of the molecule is CC(C)(C)OC(=O)Nc1cc(OCc2ccccc2)c(C2OC=CO2)cc1C(=O)O. The van der Waals surface area contributed by atoms with Crippen LogP contribution in [0.1, 0.15) is 48.5 Å². The van der Waals surface area contributed by atoms with E-state index in [1.54, 1.807) is 20.8 Å². The molecule has 1 heterocycles. The first kappa shape index (κ1) is 21.0. The molecule has 3 rings (SSSR count). The van der Waals surface area contributed by atoms with Gasteiger partial charge in [-0.2, -0.15) is 0 Å². The number of hydrogen-bond donors (Lipinski definition) is 2. The first-order valence-corrected chi connectivity index (χ1v) is 9.27. The van der Waals surface area contributed by atoms with Gasteiger partial charge in [-0.05, 0) is 32.4 Å². The average Bonchev–Trinajstić information content (AvgIpc) is 3.20. The molecule has 1 amide bonds. The molecule has 0 spiro atoms. The maximum atomic E-state index is 12.2. The normalized spacial score (nSPS) is 13.3. The van der Waals surface area contributed by atoms with Crippen molar-refractivity contribution in [3.63, 3.8) is 0 Å². The number of carboxylic acid groups (broad SMARTS) is 1. The maximum Gasteiger partial charge on any atom is 0.412 e. The fraction of sp³-hybridized carbons (Fsp3) is 0.273. The number of nitrogens with one attached hydrogen (secondary N) is 1. The van der Waals surface area contributed by atoms with Gasteiger partial charge in [-0.3, -0.25) is 5.32 Å². The van der Waals surface area contributed by atoms with Gasteiger partial charge in [0.05, 0.1) is 16.8 Å². The number of carboxylic acids is 1. The minimum Gasteiger partial charge on any atom is -0.488 e. The lowest BCUT2D eigenvalue weighted by atomic mass is 10.1. The van der Waals surface area contributed by atoms with Crippen LogP contribution in [0.4, 0.5) is 10.5 Å². The molecule has 0 aromatic heterocycles. The summed E-state index contributed by atoms with van der Waals surface area (Å²) in [5.74, 6) is -0.925. The molecule has 0 radical (unpaired) electrons. The van der Waals surface area contributed by atoms with E-state index in [1.165, 1.54) is 24.7 Å². The summed E-state index contributed by atoms with van der Waals surface area (Å²) in [6.07, 6.45) is 1.09. The number of carbonyl (C=O) groups is 2. The van der Waals surface area contributed by atoms with Gasteiger partial charge in [-0.1, -0.05) is 30.3 Å². The Morgan fingerprint density at radius 2 is 1.77 bits per heavy atom. The van der Waals surface area contributed by atoms with Crippen molar-refractivity contribution in [2.75, 3.05) is 5.32 Å². The molecule has 0 fully saturated rings. The minimum absolute atomic E-state index is 0.0366. The Bertz CT molecular complexity index is 940. The second-order valence-corrected chi connectivity index (χ2v) is 7.52. The van der Waals surface area contributed by atoms with Crippen molar-refractivity contribution in [3.05, 3.63) is 71.7 Å². The molecule has 0 unspecified atom stereocenters. The van der Waals surface area contributed by atoms with Gasteiger partial charge < -0.3 is 24.1 Å². The molecule has 2 aromatic carbocycles. The highest BCUT2D eigenvalue weighted by molar-refractivity contribution is 5.99. The van der Waals surface area contributed by atoms with Crippen molar-refractivity contribution >= 4 is 17.7 Å². The summed E-state index contributed by atoms with van der Waals surface area (Å²) in [7, 11) is 0. The Balaban J connectivity index is 1.94. The molecular weight excluding hydrogens is 390 g/mol. The molecule has 0 saturated heterocycles. The van der Waals surface area contributed by atoms with E-state index < -0.39 is 24.0 Å². The third-order valence-corrected chi connectivity index (χ3v) is 3.97. The molecule has 30 heavy (non-hydrogen) atoms. The second kappa shape index (κ2) is 8.77. The van der Waals surface area contributed by atoms with Gasteiger partial charge in [0.2, 0.25) is 0 Å². The summed E-state index contributed by atoms with van der Waals surface area (Å²) >= 11 is 0. The van der Waals surface area contributed by atoms with Gasteiger partial charge in [0, 0.05) is 6.07 Å². The molecule has 0 bridgehead atoms. The van der Waals surface area contributed by atoms with Gasteiger partial charge in [0.1, 0.15) is 30.5 Å². The van der Waals surface area contributed by atoms with E-state index in [1.807, 2.05) is 30.3 Å². The summed E-state index contributed by atoms with van der Waals surface area (Å²) in [5, 5.41) is 12.1. The number of ether oxygens (including phenoxy) is 4. The van der Waals surface area contributed by atoms with E-state index in [0.29, 0.717) is 11.3 Å². The highest BCUT2D eigenvalue weighted by Gasteiger charge is 2.26. The van der Waals surface area contributed by atoms with Crippen molar-refractivity contribution in [1.82, 2.24) is 0 Å². The molecule has 8 nitrogen and oxygen atoms in total. The average molecular weight is 413 g/mol. The van der Waals surface area contributed by atoms with Crippen LogP contribution in [-0.2, 0) is 20.8 Å². The molecule has 2 N–H and O–H groups in total. The summed E-state index contributed by atoms with van der Waals surface area (Å²) in [4.78, 5) is 24.0. The lowest BCUT2D eigenvalue weighted by Crippen LogP contribution is -2.27. The fourth-order valence-corrected chi connectivity index (χ4v) is 2.72. The zero-order chi connectivity index (χ0) is 21.7. The highest BCUT2D eigenvalue weighted by atomic mass is 16.7. The van der Waals surface area contributed by atoms with E-state index in [4.69, 9.17) is 18.9 Å². The van der Waals surface area contributed by atoms with Crippen molar-refractivity contribution in [3.8, 4) is 5.75 Å². The predicted molar refractivity (Wildman–Crippen MR) is 108 cm³/mol. The van der Waals surface area contributed by atoms with Crippen LogP contribution in [0, 0.1) is 0 Å². The van der Waals surface area contributed by atoms with E-state index in [-0.39, 0.29) is 17.9 Å². The number of carbonyl (C=O) groups excluding carboxylic acids is 1. The van der Waals surface area contributed by atoms with E-state index >= 15 is 0 Å². The van der Waals surface area contributed by atoms with Gasteiger partial charge >= 0.3 is 12.1 Å². The molecule has 2 aromatic rings. The standard InChI is InChI=1S/C22H23NO7/c1-22(2,3)30-21(26)23-17-12-18(29-13-14-7-5-4-6-8-14)16(11-15(17)19(24)25)20-27-9-10-28-20/h4-12,20H,13H2,1-3H3,(H,23,26)(H,24,25). The predicted octanol–water partition coefficient (Wildman–Crippen LogP) is 4.83. The Labute approximate surface area is 174 Å². The molecule has 1 aliphatic rings. The zero-order valence-electron chi connectivity index (χ0n) is 16.9. The van der Waals surface area contributed by atoms with Crippen molar-refractivity contribution < 1.29 is 33.6 Å². The molecule has 0 atom stereocenters. The summed E-state index contributed by atoms with van der Waals surface area (Å²) < 4.78 is 21.9. The number of hydrogen-bond acceptors (Lipinski definition) is 6. The molecule has 1 aliphatic heterocycles. The number of anilines is 1. The van der Waals surface area contributed by atoms with E-state index in [0.717, 1.165) is 5.56 Å². The van der Waals surface area contributed by atoms with Crippen LogP contribution in [0.5, 0.6) is 5.75 Å². The first-order valence-electron chi connectivity index (χ1n) is 9.27. The van der Waals surface area contributed by atoms with Crippen LogP contribution in [0.25, 0.3) is 0 Å². The van der Waals surface area contributed by atoms with Gasteiger partial charge in [-0.15, -0.1) is 0 Å². The van der Waals surface area contributed by atoms with Crippen LogP contribution in [0.3, 0.4) is 0 Å². The maximum absolute atomic E-state index is 12.2. The molecule has 8 heteroatoms. The number of rotatable bonds is 6. The lowest BCUT2D eigenvalue weighted by molar-refractivity contribution is -0.0266. The van der Waals surface area contributed by atoms with Crippen LogP contribution in [0.2, 0.25) is 0 Å². The number of aromatic carboxylic acids is 1.